The Balaban J connectivity index is 2.29. The largest absolute Gasteiger partial charge is 0.271 e. The number of hydrazine groups is 1. The summed E-state index contributed by atoms with van der Waals surface area (Å²) in [6.07, 6.45) is 1.97. The second-order valence-corrected chi connectivity index (χ2v) is 5.16. The summed E-state index contributed by atoms with van der Waals surface area (Å²) in [6, 6.07) is 4.52. The number of rotatable bonds is 5. The highest BCUT2D eigenvalue weighted by atomic mass is 35.5. The summed E-state index contributed by atoms with van der Waals surface area (Å²) in [5, 5.41) is 4.24. The van der Waals surface area contributed by atoms with Crippen molar-refractivity contribution in [1.29, 1.82) is 0 Å². The Morgan fingerprint density at radius 3 is 2.85 bits per heavy atom. The van der Waals surface area contributed by atoms with E-state index in [4.69, 9.17) is 17.4 Å². The van der Waals surface area contributed by atoms with Crippen molar-refractivity contribution in [3.05, 3.63) is 46.8 Å². The molecule has 0 bridgehead atoms. The van der Waals surface area contributed by atoms with Crippen molar-refractivity contribution in [2.75, 3.05) is 0 Å². The first kappa shape index (κ1) is 14.9. The molecule has 1 aromatic heterocycles. The van der Waals surface area contributed by atoms with Gasteiger partial charge in [0, 0.05) is 12.5 Å². The van der Waals surface area contributed by atoms with E-state index in [1.54, 1.807) is 16.8 Å². The van der Waals surface area contributed by atoms with Crippen LogP contribution in [0.2, 0.25) is 5.02 Å². The van der Waals surface area contributed by atoms with Crippen LogP contribution in [0.1, 0.15) is 37.3 Å². The summed E-state index contributed by atoms with van der Waals surface area (Å²) in [6.45, 7) is 4.02. The Labute approximate surface area is 121 Å². The molecule has 1 atom stereocenters. The van der Waals surface area contributed by atoms with Crippen LogP contribution in [0, 0.1) is 5.82 Å². The molecule has 0 amide bonds. The molecule has 5 nitrogen and oxygen atoms in total. The quantitative estimate of drug-likeness (QED) is 0.657. The molecule has 0 saturated heterocycles. The Bertz CT molecular complexity index is 584. The minimum absolute atomic E-state index is 0.0751. The van der Waals surface area contributed by atoms with Crippen LogP contribution < -0.4 is 11.3 Å². The maximum Gasteiger partial charge on any atom is 0.142 e. The second-order valence-electron chi connectivity index (χ2n) is 4.78. The molecule has 1 aromatic carbocycles. The molecule has 0 spiro atoms. The van der Waals surface area contributed by atoms with Gasteiger partial charge in [-0.15, -0.1) is 0 Å². The molecule has 3 N–H and O–H groups in total. The average Bonchev–Trinajstić information content (AvgIpc) is 2.88. The van der Waals surface area contributed by atoms with E-state index in [-0.39, 0.29) is 17.1 Å². The number of aromatic nitrogens is 3. The predicted molar refractivity (Wildman–Crippen MR) is 75.6 cm³/mol. The molecule has 0 fully saturated rings. The molecule has 7 heteroatoms. The minimum atomic E-state index is -0.463. The number of nitrogens with one attached hydrogen (secondary N) is 1. The van der Waals surface area contributed by atoms with Gasteiger partial charge in [0.2, 0.25) is 0 Å². The lowest BCUT2D eigenvalue weighted by molar-refractivity contribution is 0.467. The highest BCUT2D eigenvalue weighted by Crippen LogP contribution is 2.27. The van der Waals surface area contributed by atoms with Gasteiger partial charge >= 0.3 is 0 Å². The lowest BCUT2D eigenvalue weighted by Gasteiger charge is -2.18. The maximum absolute atomic E-state index is 13.5. The first-order valence-electron chi connectivity index (χ1n) is 6.33. The Kier molecular flexibility index (Phi) is 4.69. The van der Waals surface area contributed by atoms with E-state index in [1.807, 2.05) is 13.8 Å². The van der Waals surface area contributed by atoms with Crippen molar-refractivity contribution in [1.82, 2.24) is 20.2 Å². The summed E-state index contributed by atoms with van der Waals surface area (Å²) in [4.78, 5) is 4.22. The third-order valence-corrected chi connectivity index (χ3v) is 3.48. The highest BCUT2D eigenvalue weighted by Gasteiger charge is 2.19. The van der Waals surface area contributed by atoms with Gasteiger partial charge in [-0.2, -0.15) is 5.10 Å². The second kappa shape index (κ2) is 6.30. The zero-order valence-electron chi connectivity index (χ0n) is 11.3. The normalized spacial score (nSPS) is 12.9. The zero-order valence-corrected chi connectivity index (χ0v) is 12.1. The van der Waals surface area contributed by atoms with Crippen molar-refractivity contribution >= 4 is 11.6 Å². The summed E-state index contributed by atoms with van der Waals surface area (Å²) in [5.74, 6) is 5.88. The summed E-state index contributed by atoms with van der Waals surface area (Å²) < 4.78 is 15.3. The van der Waals surface area contributed by atoms with E-state index < -0.39 is 5.82 Å². The van der Waals surface area contributed by atoms with E-state index in [0.29, 0.717) is 12.0 Å². The third kappa shape index (κ3) is 2.98. The Hall–Kier alpha value is -1.50. The van der Waals surface area contributed by atoms with Crippen molar-refractivity contribution in [3.63, 3.8) is 0 Å². The molecule has 1 heterocycles. The number of halogens is 2. The molecule has 0 radical (unpaired) electrons. The van der Waals surface area contributed by atoms with Gasteiger partial charge in [0.05, 0.1) is 11.1 Å². The molecule has 2 rings (SSSR count). The van der Waals surface area contributed by atoms with Crippen LogP contribution >= 0.6 is 11.6 Å². The molecule has 0 aliphatic heterocycles. The van der Waals surface area contributed by atoms with Crippen LogP contribution in [-0.2, 0) is 6.42 Å². The van der Waals surface area contributed by atoms with Crippen LogP contribution in [0.5, 0.6) is 0 Å². The SMILES string of the molecule is CC(C)n1ncnc1CC(NN)c1cccc(F)c1Cl. The van der Waals surface area contributed by atoms with Crippen LogP contribution in [0.3, 0.4) is 0 Å². The molecule has 0 saturated carbocycles. The molecular weight excluding hydrogens is 281 g/mol. The van der Waals surface area contributed by atoms with Gasteiger partial charge in [0.15, 0.2) is 0 Å². The lowest BCUT2D eigenvalue weighted by atomic mass is 10.0. The summed E-state index contributed by atoms with van der Waals surface area (Å²) >= 11 is 6.00. The fourth-order valence-electron chi connectivity index (χ4n) is 2.08. The number of hydrogen-bond donors (Lipinski definition) is 2. The molecule has 0 aliphatic rings. The molecule has 1 unspecified atom stereocenters. The van der Waals surface area contributed by atoms with Crippen LogP contribution in [-0.4, -0.2) is 14.8 Å². The van der Waals surface area contributed by atoms with Crippen LogP contribution in [0.15, 0.2) is 24.5 Å². The van der Waals surface area contributed by atoms with Gasteiger partial charge in [-0.1, -0.05) is 23.7 Å². The predicted octanol–water partition coefficient (Wildman–Crippen LogP) is 2.40. The number of nitrogens with zero attached hydrogens (tertiary/aromatic N) is 3. The van der Waals surface area contributed by atoms with Gasteiger partial charge in [0.1, 0.15) is 18.0 Å². The maximum atomic E-state index is 13.5. The monoisotopic (exact) mass is 297 g/mol. The Morgan fingerprint density at radius 1 is 1.45 bits per heavy atom. The topological polar surface area (TPSA) is 68.8 Å². The molecule has 108 valence electrons. The number of nitrogens with two attached hydrogens (primary N) is 1. The third-order valence-electron chi connectivity index (χ3n) is 3.08. The van der Waals surface area contributed by atoms with E-state index in [2.05, 4.69) is 15.5 Å². The van der Waals surface area contributed by atoms with Gasteiger partial charge < -0.3 is 0 Å². The van der Waals surface area contributed by atoms with Gasteiger partial charge in [-0.25, -0.2) is 14.1 Å². The van der Waals surface area contributed by atoms with Gasteiger partial charge in [-0.05, 0) is 25.5 Å². The van der Waals surface area contributed by atoms with E-state index in [0.717, 1.165) is 5.82 Å². The van der Waals surface area contributed by atoms with E-state index in [1.165, 1.54) is 12.4 Å². The van der Waals surface area contributed by atoms with E-state index in [9.17, 15) is 4.39 Å². The van der Waals surface area contributed by atoms with Crippen molar-refractivity contribution in [2.45, 2.75) is 32.4 Å². The van der Waals surface area contributed by atoms with Crippen LogP contribution in [0.25, 0.3) is 0 Å². The first-order valence-corrected chi connectivity index (χ1v) is 6.70. The van der Waals surface area contributed by atoms with Crippen molar-refractivity contribution in [3.8, 4) is 0 Å². The fourth-order valence-corrected chi connectivity index (χ4v) is 2.34. The van der Waals surface area contributed by atoms with Crippen molar-refractivity contribution < 1.29 is 4.39 Å². The first-order chi connectivity index (χ1) is 9.54. The average molecular weight is 298 g/mol. The molecule has 20 heavy (non-hydrogen) atoms. The Morgan fingerprint density at radius 2 is 2.20 bits per heavy atom. The van der Waals surface area contributed by atoms with Crippen LogP contribution in [0.4, 0.5) is 4.39 Å². The highest BCUT2D eigenvalue weighted by molar-refractivity contribution is 6.31. The minimum Gasteiger partial charge on any atom is -0.271 e. The standard InChI is InChI=1S/C13H17ClFN5/c1-8(2)20-12(17-7-18-20)6-11(19-16)9-4-3-5-10(15)13(9)14/h3-5,7-8,11,19H,6,16H2,1-2H3. The molecule has 2 aromatic rings. The fraction of sp³-hybridized carbons (Fsp3) is 0.385. The molecular formula is C13H17ClFN5. The number of hydrogen-bond acceptors (Lipinski definition) is 4. The number of benzene rings is 1. The molecule has 0 aliphatic carbocycles. The summed E-state index contributed by atoms with van der Waals surface area (Å²) in [7, 11) is 0. The van der Waals surface area contributed by atoms with E-state index >= 15 is 0 Å². The zero-order chi connectivity index (χ0) is 14.7. The lowest BCUT2D eigenvalue weighted by Crippen LogP contribution is -2.31. The van der Waals surface area contributed by atoms with Gasteiger partial charge in [-0.3, -0.25) is 11.3 Å². The smallest absolute Gasteiger partial charge is 0.142 e. The summed E-state index contributed by atoms with van der Waals surface area (Å²) in [5.41, 5.74) is 3.26. The van der Waals surface area contributed by atoms with Crippen molar-refractivity contribution in [2.24, 2.45) is 5.84 Å². The van der Waals surface area contributed by atoms with Gasteiger partial charge in [0.25, 0.3) is 0 Å².